The summed E-state index contributed by atoms with van der Waals surface area (Å²) in [5.41, 5.74) is 7.21. The van der Waals surface area contributed by atoms with Gasteiger partial charge in [0.25, 0.3) is 0 Å². The third-order valence-electron chi connectivity index (χ3n) is 2.11. The van der Waals surface area contributed by atoms with Gasteiger partial charge < -0.3 is 5.73 Å². The Morgan fingerprint density at radius 3 is 2.14 bits per heavy atom. The van der Waals surface area contributed by atoms with Crippen molar-refractivity contribution < 1.29 is 8.42 Å². The smallest absolute Gasteiger partial charge is 0.145 e. The molecule has 2 N–H and O–H groups in total. The summed E-state index contributed by atoms with van der Waals surface area (Å²) in [6.07, 6.45) is 0.520. The number of anilines is 1. The normalized spacial score (nSPS) is 11.9. The van der Waals surface area contributed by atoms with Crippen LogP contribution < -0.4 is 5.73 Å². The third kappa shape index (κ3) is 2.73. The summed E-state index contributed by atoms with van der Waals surface area (Å²) < 4.78 is 21.1. The highest BCUT2D eigenvalue weighted by atomic mass is 32.2. The number of hydrogen-bond donors (Lipinski definition) is 2. The van der Waals surface area contributed by atoms with E-state index in [9.17, 15) is 8.42 Å². The van der Waals surface area contributed by atoms with Crippen molar-refractivity contribution in [3.63, 3.8) is 0 Å². The summed E-state index contributed by atoms with van der Waals surface area (Å²) in [5, 5.41) is 0. The fourth-order valence-corrected chi connectivity index (χ4v) is 1.51. The van der Waals surface area contributed by atoms with Crippen molar-refractivity contribution in [1.29, 1.82) is 0 Å². The number of nitrogens with two attached hydrogens (primary N) is 1. The molecule has 1 rings (SSSR count). The average molecular weight is 213 g/mol. The van der Waals surface area contributed by atoms with Crippen LogP contribution in [0.2, 0.25) is 0 Å². The highest BCUT2D eigenvalue weighted by molar-refractivity contribution is 7.74. The standard InChI is InChI=1S/C10H15NO2S/c1-10(2,14(12)13)7-8-3-5-9(11)6-4-8/h3-6,14H,7,11H2,1-2H3. The number of rotatable bonds is 3. The van der Waals surface area contributed by atoms with Gasteiger partial charge in [-0.05, 0) is 38.0 Å². The van der Waals surface area contributed by atoms with Crippen LogP contribution in [0.25, 0.3) is 0 Å². The SMILES string of the molecule is CC(C)(Cc1ccc(N)cc1)[SH](=O)=O. The molecule has 0 fully saturated rings. The zero-order valence-electron chi connectivity index (χ0n) is 8.36. The Labute approximate surface area is 85.9 Å². The predicted molar refractivity (Wildman–Crippen MR) is 59.0 cm³/mol. The molecule has 0 heterocycles. The number of benzene rings is 1. The van der Waals surface area contributed by atoms with Crippen molar-refractivity contribution in [3.05, 3.63) is 29.8 Å². The van der Waals surface area contributed by atoms with Gasteiger partial charge in [0, 0.05) is 5.69 Å². The number of nitrogen functional groups attached to an aromatic ring is 1. The Morgan fingerprint density at radius 2 is 1.71 bits per heavy atom. The van der Waals surface area contributed by atoms with Crippen LogP contribution in [0.5, 0.6) is 0 Å². The number of thiol groups is 1. The van der Waals surface area contributed by atoms with Gasteiger partial charge in [-0.25, -0.2) is 8.42 Å². The molecule has 1 aromatic rings. The largest absolute Gasteiger partial charge is 0.399 e. The van der Waals surface area contributed by atoms with Gasteiger partial charge >= 0.3 is 0 Å². The van der Waals surface area contributed by atoms with Crippen LogP contribution in [0.15, 0.2) is 24.3 Å². The summed E-state index contributed by atoms with van der Waals surface area (Å²) in [6.45, 7) is 3.43. The monoisotopic (exact) mass is 213 g/mol. The van der Waals surface area contributed by atoms with E-state index >= 15 is 0 Å². The fraction of sp³-hybridized carbons (Fsp3) is 0.400. The Bertz CT molecular complexity index is 372. The molecule has 0 amide bonds. The summed E-state index contributed by atoms with van der Waals surface area (Å²) in [6, 6.07) is 7.28. The van der Waals surface area contributed by atoms with Crippen molar-refractivity contribution in [2.45, 2.75) is 25.0 Å². The molecule has 1 aromatic carbocycles. The molecule has 78 valence electrons. The molecule has 0 aliphatic carbocycles. The molecule has 0 unspecified atom stereocenters. The Morgan fingerprint density at radius 1 is 1.21 bits per heavy atom. The Balaban J connectivity index is 2.84. The molecule has 0 aliphatic heterocycles. The lowest BCUT2D eigenvalue weighted by Gasteiger charge is -2.16. The van der Waals surface area contributed by atoms with Crippen LogP contribution in [0.1, 0.15) is 19.4 Å². The lowest BCUT2D eigenvalue weighted by Crippen LogP contribution is -2.24. The molecule has 4 heteroatoms. The summed E-state index contributed by atoms with van der Waals surface area (Å²) in [7, 11) is -2.41. The zero-order valence-corrected chi connectivity index (χ0v) is 9.25. The van der Waals surface area contributed by atoms with E-state index in [4.69, 9.17) is 5.73 Å². The molecule has 0 saturated carbocycles. The van der Waals surface area contributed by atoms with Crippen LogP contribution in [0.4, 0.5) is 5.69 Å². The first-order valence-corrected chi connectivity index (χ1v) is 5.58. The van der Waals surface area contributed by atoms with Crippen molar-refractivity contribution in [3.8, 4) is 0 Å². The molecule has 0 bridgehead atoms. The van der Waals surface area contributed by atoms with E-state index in [0.29, 0.717) is 12.1 Å². The van der Waals surface area contributed by atoms with Crippen molar-refractivity contribution in [2.24, 2.45) is 0 Å². The lowest BCUT2D eigenvalue weighted by molar-refractivity contribution is 0.565. The number of hydrogen-bond acceptors (Lipinski definition) is 3. The molecular formula is C10H15NO2S. The van der Waals surface area contributed by atoms with Gasteiger partial charge in [0.1, 0.15) is 10.7 Å². The van der Waals surface area contributed by atoms with Gasteiger partial charge in [-0.1, -0.05) is 12.1 Å². The van der Waals surface area contributed by atoms with Crippen LogP contribution >= 0.6 is 0 Å². The van der Waals surface area contributed by atoms with E-state index < -0.39 is 15.5 Å². The maximum absolute atomic E-state index is 10.9. The molecule has 0 atom stereocenters. The van der Waals surface area contributed by atoms with Gasteiger partial charge in [-0.15, -0.1) is 0 Å². The summed E-state index contributed by atoms with van der Waals surface area (Å²) in [5.74, 6) is 0. The molecule has 0 spiro atoms. The lowest BCUT2D eigenvalue weighted by atomic mass is 10.0. The highest BCUT2D eigenvalue weighted by Crippen LogP contribution is 2.17. The van der Waals surface area contributed by atoms with Gasteiger partial charge in [-0.3, -0.25) is 0 Å². The zero-order chi connectivity index (χ0) is 10.8. The minimum atomic E-state index is -2.41. The second-order valence-electron chi connectivity index (χ2n) is 3.99. The second kappa shape index (κ2) is 4.00. The van der Waals surface area contributed by atoms with Crippen LogP contribution in [-0.4, -0.2) is 13.2 Å². The van der Waals surface area contributed by atoms with Crippen molar-refractivity contribution >= 4 is 16.4 Å². The maximum Gasteiger partial charge on any atom is 0.145 e. The van der Waals surface area contributed by atoms with E-state index in [1.807, 2.05) is 12.1 Å². The van der Waals surface area contributed by atoms with E-state index in [1.54, 1.807) is 26.0 Å². The molecular weight excluding hydrogens is 198 g/mol. The topological polar surface area (TPSA) is 60.2 Å². The summed E-state index contributed by atoms with van der Waals surface area (Å²) in [4.78, 5) is 0. The first-order chi connectivity index (χ1) is 6.42. The highest BCUT2D eigenvalue weighted by Gasteiger charge is 2.21. The van der Waals surface area contributed by atoms with E-state index in [-0.39, 0.29) is 0 Å². The van der Waals surface area contributed by atoms with E-state index in [0.717, 1.165) is 5.56 Å². The Kier molecular flexibility index (Phi) is 3.16. The van der Waals surface area contributed by atoms with Crippen LogP contribution in [-0.2, 0) is 17.1 Å². The Hall–Kier alpha value is -1.03. The van der Waals surface area contributed by atoms with E-state index in [1.165, 1.54) is 0 Å². The molecule has 0 aliphatic rings. The van der Waals surface area contributed by atoms with Gasteiger partial charge in [0.2, 0.25) is 0 Å². The predicted octanol–water partition coefficient (Wildman–Crippen LogP) is 1.20. The minimum absolute atomic E-state index is 0.520. The van der Waals surface area contributed by atoms with Gasteiger partial charge in [0.05, 0.1) is 4.75 Å². The second-order valence-corrected chi connectivity index (χ2v) is 5.71. The quantitative estimate of drug-likeness (QED) is 0.586. The average Bonchev–Trinajstić information content (AvgIpc) is 2.08. The fourth-order valence-electron chi connectivity index (χ4n) is 1.20. The van der Waals surface area contributed by atoms with Gasteiger partial charge in [-0.2, -0.15) is 0 Å². The molecule has 0 saturated heterocycles. The minimum Gasteiger partial charge on any atom is -0.399 e. The van der Waals surface area contributed by atoms with Crippen molar-refractivity contribution in [1.82, 2.24) is 0 Å². The van der Waals surface area contributed by atoms with Crippen LogP contribution in [0.3, 0.4) is 0 Å². The third-order valence-corrected chi connectivity index (χ3v) is 3.26. The van der Waals surface area contributed by atoms with Crippen molar-refractivity contribution in [2.75, 3.05) is 5.73 Å². The molecule has 0 aromatic heterocycles. The summed E-state index contributed by atoms with van der Waals surface area (Å²) >= 11 is 0. The van der Waals surface area contributed by atoms with E-state index in [2.05, 4.69) is 0 Å². The maximum atomic E-state index is 10.9. The van der Waals surface area contributed by atoms with Gasteiger partial charge in [0.15, 0.2) is 0 Å². The molecule has 3 nitrogen and oxygen atoms in total. The first-order valence-electron chi connectivity index (χ1n) is 4.41. The molecule has 0 radical (unpaired) electrons. The van der Waals surface area contributed by atoms with Crippen LogP contribution in [0, 0.1) is 0 Å². The molecule has 14 heavy (non-hydrogen) atoms. The first kappa shape index (κ1) is 11.0.